The maximum absolute atomic E-state index is 12.9. The number of aliphatic imine (C=N–C) groups is 1. The molecule has 1 amide bonds. The van der Waals surface area contributed by atoms with Crippen LogP contribution < -0.4 is 0 Å². The van der Waals surface area contributed by atoms with Gasteiger partial charge < -0.3 is 18.9 Å². The Hall–Kier alpha value is -3.37. The Balaban J connectivity index is 1.49. The first-order valence-electron chi connectivity index (χ1n) is 12.5. The second-order valence-corrected chi connectivity index (χ2v) is 10.9. The van der Waals surface area contributed by atoms with Crippen molar-refractivity contribution in [2.45, 2.75) is 63.4 Å². The number of amides is 1. The normalized spacial score (nSPS) is 22.6. The van der Waals surface area contributed by atoms with Gasteiger partial charge in [-0.2, -0.15) is 0 Å². The molecule has 0 aliphatic carbocycles. The molecule has 2 aliphatic rings. The molecule has 202 valence electrons. The zero-order valence-electron chi connectivity index (χ0n) is 21.9. The van der Waals surface area contributed by atoms with E-state index >= 15 is 0 Å². The summed E-state index contributed by atoms with van der Waals surface area (Å²) in [7, 11) is 0. The van der Waals surface area contributed by atoms with Crippen molar-refractivity contribution in [3.63, 3.8) is 0 Å². The molecule has 2 heterocycles. The Bertz CT molecular complexity index is 1170. The zero-order chi connectivity index (χ0) is 27.3. The minimum absolute atomic E-state index is 0.108. The van der Waals surface area contributed by atoms with Crippen LogP contribution in [0.3, 0.4) is 0 Å². The van der Waals surface area contributed by atoms with E-state index in [1.165, 1.54) is 16.7 Å². The largest absolute Gasteiger partial charge is 0.459 e. The average Bonchev–Trinajstić information content (AvgIpc) is 3.29. The molecule has 2 aromatic carbocycles. The fourth-order valence-corrected chi connectivity index (χ4v) is 5.27. The Morgan fingerprint density at radius 1 is 1.00 bits per heavy atom. The summed E-state index contributed by atoms with van der Waals surface area (Å²) in [6.07, 6.45) is -1.58. The van der Waals surface area contributed by atoms with Crippen molar-refractivity contribution < 1.29 is 33.3 Å². The van der Waals surface area contributed by atoms with Gasteiger partial charge in [0.25, 0.3) is 0 Å². The van der Waals surface area contributed by atoms with Crippen LogP contribution in [0, 0.1) is 0 Å². The number of nitrogens with zero attached hydrogens (tertiary/aromatic N) is 2. The summed E-state index contributed by atoms with van der Waals surface area (Å²) >= 11 is 1.31. The molecule has 4 rings (SSSR count). The maximum atomic E-state index is 12.9. The monoisotopic (exact) mass is 540 g/mol. The molecule has 0 bridgehead atoms. The maximum Gasteiger partial charge on any atom is 0.416 e. The molecule has 1 saturated heterocycles. The van der Waals surface area contributed by atoms with Crippen LogP contribution >= 0.6 is 11.8 Å². The number of ether oxygens (including phenoxy) is 4. The van der Waals surface area contributed by atoms with E-state index in [-0.39, 0.29) is 12.6 Å². The van der Waals surface area contributed by atoms with Crippen LogP contribution in [0.15, 0.2) is 65.7 Å². The van der Waals surface area contributed by atoms with Crippen LogP contribution in [0.25, 0.3) is 0 Å². The molecule has 10 heteroatoms. The molecular weight excluding hydrogens is 508 g/mol. The highest BCUT2D eigenvalue weighted by Crippen LogP contribution is 2.38. The Labute approximate surface area is 226 Å². The first-order valence-corrected chi connectivity index (χ1v) is 13.4. The summed E-state index contributed by atoms with van der Waals surface area (Å²) in [5.74, 6) is -1.00. The smallest absolute Gasteiger partial charge is 0.416 e. The fourth-order valence-electron chi connectivity index (χ4n) is 4.01. The number of thioether (sulfide) groups is 1. The molecule has 0 saturated carbocycles. The molecule has 0 spiro atoms. The highest BCUT2D eigenvalue weighted by Gasteiger charge is 2.46. The van der Waals surface area contributed by atoms with Crippen molar-refractivity contribution >= 4 is 35.0 Å². The van der Waals surface area contributed by atoms with E-state index in [9.17, 15) is 14.4 Å². The number of hydrogen-bond acceptors (Lipinski definition) is 9. The van der Waals surface area contributed by atoms with Crippen molar-refractivity contribution in [1.82, 2.24) is 4.90 Å². The topological polar surface area (TPSA) is 104 Å². The molecule has 0 radical (unpaired) electrons. The third kappa shape index (κ3) is 6.93. The molecular formula is C28H32N2O7S. The molecule has 2 aliphatic heterocycles. The average molecular weight is 541 g/mol. The van der Waals surface area contributed by atoms with Crippen molar-refractivity contribution in [2.75, 3.05) is 13.2 Å². The molecule has 0 unspecified atom stereocenters. The fraction of sp³-hybridized carbons (Fsp3) is 0.429. The van der Waals surface area contributed by atoms with Gasteiger partial charge in [-0.25, -0.2) is 14.4 Å². The van der Waals surface area contributed by atoms with Crippen LogP contribution in [0.1, 0.15) is 54.8 Å². The predicted molar refractivity (Wildman–Crippen MR) is 143 cm³/mol. The SMILES string of the molecule is CCN(C(=O)OC(C)(C)C)C1=N[C@@H]2C[C@H](OC(=O)c3ccccc3)[C@@H](COC(=O)c3ccccc3)O[C@@H]2S1. The highest BCUT2D eigenvalue weighted by molar-refractivity contribution is 8.14. The quantitative estimate of drug-likeness (QED) is 0.376. The van der Waals surface area contributed by atoms with Gasteiger partial charge >= 0.3 is 18.0 Å². The van der Waals surface area contributed by atoms with E-state index in [4.69, 9.17) is 23.9 Å². The van der Waals surface area contributed by atoms with Gasteiger partial charge in [-0.05, 0) is 52.0 Å². The number of fused-ring (bicyclic) bond motifs is 1. The third-order valence-electron chi connectivity index (χ3n) is 5.83. The van der Waals surface area contributed by atoms with Crippen molar-refractivity contribution in [3.05, 3.63) is 71.8 Å². The van der Waals surface area contributed by atoms with E-state index in [2.05, 4.69) is 0 Å². The van der Waals surface area contributed by atoms with Crippen LogP contribution in [-0.2, 0) is 18.9 Å². The van der Waals surface area contributed by atoms with Gasteiger partial charge in [0.05, 0.1) is 17.2 Å². The summed E-state index contributed by atoms with van der Waals surface area (Å²) in [5, 5.41) is 0.479. The van der Waals surface area contributed by atoms with E-state index in [0.717, 1.165) is 0 Å². The predicted octanol–water partition coefficient (Wildman–Crippen LogP) is 4.91. The van der Waals surface area contributed by atoms with Crippen molar-refractivity contribution in [2.24, 2.45) is 4.99 Å². The second kappa shape index (κ2) is 12.0. The van der Waals surface area contributed by atoms with E-state index in [1.807, 2.05) is 19.1 Å². The molecule has 2 aromatic rings. The number of amidine groups is 1. The molecule has 1 fully saturated rings. The number of carbonyl (C=O) groups excluding carboxylic acids is 3. The number of carbonyl (C=O) groups is 3. The number of benzene rings is 2. The van der Waals surface area contributed by atoms with Crippen LogP contribution in [0.5, 0.6) is 0 Å². The van der Waals surface area contributed by atoms with E-state index < -0.39 is 41.3 Å². The Morgan fingerprint density at radius 3 is 2.18 bits per heavy atom. The summed E-state index contributed by atoms with van der Waals surface area (Å²) in [5.41, 5.74) is -0.270. The lowest BCUT2D eigenvalue weighted by Gasteiger charge is -2.36. The lowest BCUT2D eigenvalue weighted by atomic mass is 10.0. The van der Waals surface area contributed by atoms with Crippen LogP contribution in [0.4, 0.5) is 4.79 Å². The lowest BCUT2D eigenvalue weighted by Crippen LogP contribution is -2.48. The summed E-state index contributed by atoms with van der Waals surface area (Å²) < 4.78 is 23.2. The highest BCUT2D eigenvalue weighted by atomic mass is 32.2. The molecule has 9 nitrogen and oxygen atoms in total. The van der Waals surface area contributed by atoms with Crippen LogP contribution in [-0.4, -0.2) is 70.5 Å². The van der Waals surface area contributed by atoms with Crippen LogP contribution in [0.2, 0.25) is 0 Å². The van der Waals surface area contributed by atoms with E-state index in [1.54, 1.807) is 69.3 Å². The molecule has 38 heavy (non-hydrogen) atoms. The number of esters is 2. The van der Waals surface area contributed by atoms with Gasteiger partial charge in [-0.3, -0.25) is 9.89 Å². The van der Waals surface area contributed by atoms with Gasteiger partial charge in [0.15, 0.2) is 5.17 Å². The number of rotatable bonds is 6. The van der Waals surface area contributed by atoms with Crippen molar-refractivity contribution in [1.29, 1.82) is 0 Å². The lowest BCUT2D eigenvalue weighted by molar-refractivity contribution is -0.118. The van der Waals surface area contributed by atoms with Crippen molar-refractivity contribution in [3.8, 4) is 0 Å². The zero-order valence-corrected chi connectivity index (χ0v) is 22.7. The minimum atomic E-state index is -0.715. The van der Waals surface area contributed by atoms with Gasteiger partial charge in [-0.15, -0.1) is 0 Å². The summed E-state index contributed by atoms with van der Waals surface area (Å²) in [6, 6.07) is 16.9. The molecule has 0 aromatic heterocycles. The second-order valence-electron chi connectivity index (χ2n) is 9.87. The first-order chi connectivity index (χ1) is 18.1. The van der Waals surface area contributed by atoms with Gasteiger partial charge in [0.2, 0.25) is 0 Å². The Kier molecular flexibility index (Phi) is 8.73. The number of hydrogen-bond donors (Lipinski definition) is 0. The van der Waals surface area contributed by atoms with Gasteiger partial charge in [0, 0.05) is 13.0 Å². The van der Waals surface area contributed by atoms with Gasteiger partial charge in [-0.1, -0.05) is 48.2 Å². The Morgan fingerprint density at radius 2 is 1.61 bits per heavy atom. The standard InChI is InChI=1S/C28H32N2O7S/c1-5-30(27(33)37-28(2,3)4)26-29-20-16-21(35-24(32)19-14-10-7-11-15-19)22(36-25(20)38-26)17-34-23(31)18-12-8-6-9-13-18/h6-15,20-22,25H,5,16-17H2,1-4H3/t20-,21+,22-,25-/m1/s1. The summed E-state index contributed by atoms with van der Waals surface area (Å²) in [6.45, 7) is 7.51. The molecule has 0 N–H and O–H groups in total. The third-order valence-corrected chi connectivity index (χ3v) is 7.02. The molecule has 4 atom stereocenters. The first kappa shape index (κ1) is 27.7. The minimum Gasteiger partial charge on any atom is -0.459 e. The van der Waals surface area contributed by atoms with Gasteiger partial charge in [0.1, 0.15) is 29.9 Å². The van der Waals surface area contributed by atoms with E-state index in [0.29, 0.717) is 29.3 Å². The summed E-state index contributed by atoms with van der Waals surface area (Å²) in [4.78, 5) is 44.4.